The summed E-state index contributed by atoms with van der Waals surface area (Å²) >= 11 is 4.92. The Morgan fingerprint density at radius 1 is 1.41 bits per heavy atom. The molecule has 0 spiro atoms. The summed E-state index contributed by atoms with van der Waals surface area (Å²) in [4.78, 5) is 12.3. The summed E-state index contributed by atoms with van der Waals surface area (Å²) in [5.74, 6) is 0.311. The minimum absolute atomic E-state index is 0.00178. The average Bonchev–Trinajstić information content (AvgIpc) is 2.30. The highest BCUT2D eigenvalue weighted by Gasteiger charge is 2.25. The van der Waals surface area contributed by atoms with E-state index in [2.05, 4.69) is 12.2 Å². The first-order valence-corrected chi connectivity index (χ1v) is 7.06. The number of nitrogens with one attached hydrogen (secondary N) is 1. The van der Waals surface area contributed by atoms with Gasteiger partial charge in [0.25, 0.3) is 0 Å². The van der Waals surface area contributed by atoms with Gasteiger partial charge in [-0.1, -0.05) is 38.4 Å². The molecule has 17 heavy (non-hydrogen) atoms. The van der Waals surface area contributed by atoms with Crippen molar-refractivity contribution in [1.29, 1.82) is 0 Å². The largest absolute Gasteiger partial charge is 0.393 e. The third-order valence-corrected chi connectivity index (χ3v) is 4.08. The lowest BCUT2D eigenvalue weighted by atomic mass is 9.84. The van der Waals surface area contributed by atoms with Gasteiger partial charge in [-0.05, 0) is 32.1 Å². The Labute approximate surface area is 110 Å². The van der Waals surface area contributed by atoms with Crippen LogP contribution in [0.2, 0.25) is 0 Å². The van der Waals surface area contributed by atoms with Crippen molar-refractivity contribution >= 4 is 23.1 Å². The van der Waals surface area contributed by atoms with Crippen LogP contribution >= 0.6 is 12.2 Å². The molecule has 0 heterocycles. The molecule has 0 aliphatic heterocycles. The number of hydrogen-bond donors (Lipinski definition) is 2. The van der Waals surface area contributed by atoms with E-state index >= 15 is 0 Å². The fourth-order valence-electron chi connectivity index (χ4n) is 2.59. The molecular formula is C13H24N2OS. The molecule has 1 rings (SSSR count). The molecule has 1 fully saturated rings. The molecule has 2 unspecified atom stereocenters. The maximum Gasteiger partial charge on any atom is 0.230 e. The van der Waals surface area contributed by atoms with Crippen LogP contribution < -0.4 is 11.1 Å². The zero-order valence-electron chi connectivity index (χ0n) is 10.9. The van der Waals surface area contributed by atoms with Gasteiger partial charge >= 0.3 is 0 Å². The molecule has 1 amide bonds. The molecule has 1 aliphatic rings. The van der Waals surface area contributed by atoms with Crippen molar-refractivity contribution in [1.82, 2.24) is 5.32 Å². The quantitative estimate of drug-likeness (QED) is 0.743. The fourth-order valence-corrected chi connectivity index (χ4v) is 2.87. The van der Waals surface area contributed by atoms with Crippen LogP contribution in [0.1, 0.15) is 52.4 Å². The van der Waals surface area contributed by atoms with Crippen LogP contribution in [0.25, 0.3) is 0 Å². The Bertz CT molecular complexity index is 275. The second-order valence-electron chi connectivity index (χ2n) is 5.06. The Morgan fingerprint density at radius 2 is 2.00 bits per heavy atom. The summed E-state index contributed by atoms with van der Waals surface area (Å²) in [6, 6.07) is 0.242. The fraction of sp³-hybridized carbons (Fsp3) is 0.846. The van der Waals surface area contributed by atoms with Gasteiger partial charge in [0, 0.05) is 6.04 Å². The minimum atomic E-state index is -0.309. The molecule has 3 N–H and O–H groups in total. The maximum absolute atomic E-state index is 12.0. The Balaban J connectivity index is 2.46. The van der Waals surface area contributed by atoms with Crippen LogP contribution in [0, 0.1) is 11.8 Å². The van der Waals surface area contributed by atoms with Crippen molar-refractivity contribution in [2.75, 3.05) is 0 Å². The van der Waals surface area contributed by atoms with Gasteiger partial charge in [-0.15, -0.1) is 0 Å². The van der Waals surface area contributed by atoms with Gasteiger partial charge in [-0.3, -0.25) is 4.79 Å². The van der Waals surface area contributed by atoms with E-state index in [1.165, 1.54) is 32.1 Å². The van der Waals surface area contributed by atoms with Gasteiger partial charge in [0.15, 0.2) is 0 Å². The molecule has 0 aromatic carbocycles. The van der Waals surface area contributed by atoms with Crippen molar-refractivity contribution in [3.63, 3.8) is 0 Å². The summed E-state index contributed by atoms with van der Waals surface area (Å²) in [6.45, 7) is 4.04. The van der Waals surface area contributed by atoms with Gasteiger partial charge in [0.2, 0.25) is 5.91 Å². The van der Waals surface area contributed by atoms with Gasteiger partial charge in [0.05, 0.1) is 10.9 Å². The standard InChI is InChI=1S/C13H24N2OS/c1-3-11(12(14)17)13(16)15-9(2)10-7-5-4-6-8-10/h9-11H,3-8H2,1-2H3,(H2,14,17)(H,15,16). The lowest BCUT2D eigenvalue weighted by molar-refractivity contribution is -0.124. The van der Waals surface area contributed by atoms with Crippen molar-refractivity contribution in [3.05, 3.63) is 0 Å². The van der Waals surface area contributed by atoms with E-state index in [9.17, 15) is 4.79 Å². The highest BCUT2D eigenvalue weighted by Crippen LogP contribution is 2.26. The SMILES string of the molecule is CCC(C(=O)NC(C)C1CCCCC1)C(N)=S. The highest BCUT2D eigenvalue weighted by molar-refractivity contribution is 7.80. The van der Waals surface area contributed by atoms with Crippen LogP contribution in [0.15, 0.2) is 0 Å². The predicted octanol–water partition coefficient (Wildman–Crippen LogP) is 2.38. The smallest absolute Gasteiger partial charge is 0.230 e. The first-order chi connectivity index (χ1) is 8.06. The zero-order valence-corrected chi connectivity index (χ0v) is 11.7. The molecule has 1 saturated carbocycles. The summed E-state index contributed by atoms with van der Waals surface area (Å²) in [5.41, 5.74) is 5.57. The summed E-state index contributed by atoms with van der Waals surface area (Å²) in [5, 5.41) is 3.08. The van der Waals surface area contributed by atoms with Gasteiger partial charge in [0.1, 0.15) is 0 Å². The molecule has 4 heteroatoms. The number of rotatable bonds is 5. The highest BCUT2D eigenvalue weighted by atomic mass is 32.1. The second kappa shape index (κ2) is 6.94. The molecular weight excluding hydrogens is 232 g/mol. The molecule has 2 atom stereocenters. The molecule has 0 saturated heterocycles. The van der Waals surface area contributed by atoms with Crippen LogP contribution in [-0.2, 0) is 4.79 Å². The number of nitrogens with two attached hydrogens (primary N) is 1. The van der Waals surface area contributed by atoms with Crippen LogP contribution in [0.5, 0.6) is 0 Å². The van der Waals surface area contributed by atoms with E-state index in [0.717, 1.165) is 0 Å². The lowest BCUT2D eigenvalue weighted by Gasteiger charge is -2.29. The Hall–Kier alpha value is -0.640. The number of carbonyl (C=O) groups excluding carboxylic acids is 1. The Morgan fingerprint density at radius 3 is 2.47 bits per heavy atom. The zero-order chi connectivity index (χ0) is 12.8. The third-order valence-electron chi connectivity index (χ3n) is 3.80. The van der Waals surface area contributed by atoms with Gasteiger partial charge in [-0.25, -0.2) is 0 Å². The van der Waals surface area contributed by atoms with Crippen LogP contribution in [0.4, 0.5) is 0 Å². The first kappa shape index (κ1) is 14.4. The topological polar surface area (TPSA) is 55.1 Å². The normalized spacial score (nSPS) is 20.6. The van der Waals surface area contributed by atoms with E-state index in [1.807, 2.05) is 6.92 Å². The monoisotopic (exact) mass is 256 g/mol. The van der Waals surface area contributed by atoms with E-state index in [1.54, 1.807) is 0 Å². The number of amides is 1. The number of hydrogen-bond acceptors (Lipinski definition) is 2. The molecule has 98 valence electrons. The third kappa shape index (κ3) is 4.26. The predicted molar refractivity (Wildman–Crippen MR) is 74.7 cm³/mol. The van der Waals surface area contributed by atoms with Crippen molar-refractivity contribution in [2.24, 2.45) is 17.6 Å². The van der Waals surface area contributed by atoms with Crippen molar-refractivity contribution in [2.45, 2.75) is 58.4 Å². The lowest BCUT2D eigenvalue weighted by Crippen LogP contribution is -2.44. The van der Waals surface area contributed by atoms with E-state index in [0.29, 0.717) is 17.3 Å². The van der Waals surface area contributed by atoms with Crippen molar-refractivity contribution in [3.8, 4) is 0 Å². The second-order valence-corrected chi connectivity index (χ2v) is 5.53. The number of carbonyl (C=O) groups is 1. The Kier molecular flexibility index (Phi) is 5.89. The molecule has 0 radical (unpaired) electrons. The molecule has 3 nitrogen and oxygen atoms in total. The van der Waals surface area contributed by atoms with E-state index in [-0.39, 0.29) is 17.9 Å². The molecule has 0 aromatic heterocycles. The summed E-state index contributed by atoms with van der Waals surface area (Å²) in [7, 11) is 0. The molecule has 1 aliphatic carbocycles. The van der Waals surface area contributed by atoms with Gasteiger partial charge in [-0.2, -0.15) is 0 Å². The average molecular weight is 256 g/mol. The minimum Gasteiger partial charge on any atom is -0.393 e. The molecule has 0 bridgehead atoms. The summed E-state index contributed by atoms with van der Waals surface area (Å²) in [6.07, 6.45) is 7.05. The number of thiocarbonyl (C=S) groups is 1. The van der Waals surface area contributed by atoms with E-state index in [4.69, 9.17) is 18.0 Å². The summed E-state index contributed by atoms with van der Waals surface area (Å²) < 4.78 is 0. The van der Waals surface area contributed by atoms with Crippen LogP contribution in [-0.4, -0.2) is 16.9 Å². The molecule has 0 aromatic rings. The first-order valence-electron chi connectivity index (χ1n) is 6.66. The maximum atomic E-state index is 12.0. The van der Waals surface area contributed by atoms with E-state index < -0.39 is 0 Å². The van der Waals surface area contributed by atoms with Crippen molar-refractivity contribution < 1.29 is 4.79 Å². The van der Waals surface area contributed by atoms with Gasteiger partial charge < -0.3 is 11.1 Å². The van der Waals surface area contributed by atoms with Crippen LogP contribution in [0.3, 0.4) is 0 Å².